The van der Waals surface area contributed by atoms with Gasteiger partial charge in [-0.2, -0.15) is 0 Å². The zero-order valence-electron chi connectivity index (χ0n) is 12.8. The van der Waals surface area contributed by atoms with Crippen molar-refractivity contribution in [3.63, 3.8) is 0 Å². The van der Waals surface area contributed by atoms with Crippen LogP contribution in [-0.4, -0.2) is 41.1 Å². The Morgan fingerprint density at radius 3 is 2.33 bits per heavy atom. The number of carbonyl (C=O) groups is 1. The van der Waals surface area contributed by atoms with Gasteiger partial charge in [-0.25, -0.2) is 0 Å². The Hall–Kier alpha value is -0.393. The molecule has 108 valence electrons. The lowest BCUT2D eigenvalue weighted by Gasteiger charge is -2.36. The van der Waals surface area contributed by atoms with Gasteiger partial charge in [-0.3, -0.25) is 4.79 Å². The molecule has 0 amide bonds. The predicted molar refractivity (Wildman–Crippen MR) is 77.3 cm³/mol. The number of ether oxygens (including phenoxy) is 1. The molecule has 0 fully saturated rings. The van der Waals surface area contributed by atoms with Crippen LogP contribution < -0.4 is 5.32 Å². The summed E-state index contributed by atoms with van der Waals surface area (Å²) in [4.78, 5) is 10.9. The second kappa shape index (κ2) is 7.91. The SMILES string of the molecule is COC(=O)CCNCCCO[Si](C)(C)C(C)(C)C. The van der Waals surface area contributed by atoms with E-state index in [-0.39, 0.29) is 11.0 Å². The highest BCUT2D eigenvalue weighted by Gasteiger charge is 2.36. The lowest BCUT2D eigenvalue weighted by Crippen LogP contribution is -2.41. The third kappa shape index (κ3) is 7.13. The van der Waals surface area contributed by atoms with Gasteiger partial charge >= 0.3 is 5.97 Å². The van der Waals surface area contributed by atoms with Crippen LogP contribution in [0, 0.1) is 0 Å². The fourth-order valence-electron chi connectivity index (χ4n) is 1.16. The van der Waals surface area contributed by atoms with Crippen LogP contribution in [-0.2, 0) is 14.0 Å². The number of rotatable bonds is 8. The zero-order chi connectivity index (χ0) is 14.2. The molecule has 0 aromatic heterocycles. The van der Waals surface area contributed by atoms with Crippen molar-refractivity contribution in [1.82, 2.24) is 5.32 Å². The van der Waals surface area contributed by atoms with Crippen molar-refractivity contribution < 1.29 is 14.0 Å². The quantitative estimate of drug-likeness (QED) is 0.420. The van der Waals surface area contributed by atoms with E-state index in [0.29, 0.717) is 13.0 Å². The Morgan fingerprint density at radius 2 is 1.83 bits per heavy atom. The summed E-state index contributed by atoms with van der Waals surface area (Å²) in [5, 5.41) is 3.48. The number of esters is 1. The molecule has 0 aliphatic rings. The highest BCUT2D eigenvalue weighted by atomic mass is 28.4. The monoisotopic (exact) mass is 275 g/mol. The molecule has 0 radical (unpaired) electrons. The van der Waals surface area contributed by atoms with E-state index in [9.17, 15) is 4.79 Å². The number of hydrogen-bond acceptors (Lipinski definition) is 4. The number of carbonyl (C=O) groups excluding carboxylic acids is 1. The van der Waals surface area contributed by atoms with Crippen molar-refractivity contribution in [3.8, 4) is 0 Å². The molecular weight excluding hydrogens is 246 g/mol. The van der Waals surface area contributed by atoms with Crippen LogP contribution >= 0.6 is 0 Å². The number of hydrogen-bond donors (Lipinski definition) is 1. The summed E-state index contributed by atoms with van der Waals surface area (Å²) in [6.45, 7) is 13.6. The molecule has 0 heterocycles. The Labute approximate surface area is 113 Å². The van der Waals surface area contributed by atoms with Crippen LogP contribution in [0.5, 0.6) is 0 Å². The van der Waals surface area contributed by atoms with Crippen LogP contribution in [0.15, 0.2) is 0 Å². The molecule has 0 aromatic rings. The van der Waals surface area contributed by atoms with Crippen molar-refractivity contribution in [1.29, 1.82) is 0 Å². The van der Waals surface area contributed by atoms with Gasteiger partial charge in [0.25, 0.3) is 0 Å². The molecule has 0 aromatic carbocycles. The molecule has 0 aliphatic heterocycles. The van der Waals surface area contributed by atoms with Gasteiger partial charge in [-0.1, -0.05) is 20.8 Å². The first-order chi connectivity index (χ1) is 8.20. The van der Waals surface area contributed by atoms with Crippen LogP contribution in [0.1, 0.15) is 33.6 Å². The van der Waals surface area contributed by atoms with Gasteiger partial charge in [-0.15, -0.1) is 0 Å². The average molecular weight is 275 g/mol. The topological polar surface area (TPSA) is 47.6 Å². The molecule has 5 heteroatoms. The maximum absolute atomic E-state index is 10.9. The summed E-state index contributed by atoms with van der Waals surface area (Å²) in [6, 6.07) is 0. The lowest BCUT2D eigenvalue weighted by molar-refractivity contribution is -0.140. The number of methoxy groups -OCH3 is 1. The van der Waals surface area contributed by atoms with E-state index in [1.54, 1.807) is 0 Å². The Kier molecular flexibility index (Phi) is 7.74. The largest absolute Gasteiger partial charge is 0.469 e. The summed E-state index contributed by atoms with van der Waals surface area (Å²) >= 11 is 0. The highest BCUT2D eigenvalue weighted by molar-refractivity contribution is 6.74. The predicted octanol–water partition coefficient (Wildman–Crippen LogP) is 2.55. The Balaban J connectivity index is 3.55. The summed E-state index contributed by atoms with van der Waals surface area (Å²) in [6.07, 6.45) is 1.41. The highest BCUT2D eigenvalue weighted by Crippen LogP contribution is 2.36. The molecule has 0 unspecified atom stereocenters. The van der Waals surface area contributed by atoms with Gasteiger partial charge in [0.05, 0.1) is 13.5 Å². The van der Waals surface area contributed by atoms with E-state index in [0.717, 1.165) is 19.6 Å². The van der Waals surface area contributed by atoms with Gasteiger partial charge < -0.3 is 14.5 Å². The minimum Gasteiger partial charge on any atom is -0.469 e. The molecule has 0 bridgehead atoms. The second-order valence-electron chi connectivity index (χ2n) is 6.04. The fourth-order valence-corrected chi connectivity index (χ4v) is 2.25. The van der Waals surface area contributed by atoms with E-state index in [2.05, 4.69) is 43.9 Å². The van der Waals surface area contributed by atoms with Crippen LogP contribution in [0.2, 0.25) is 18.1 Å². The first-order valence-electron chi connectivity index (χ1n) is 6.62. The Morgan fingerprint density at radius 1 is 1.22 bits per heavy atom. The van der Waals surface area contributed by atoms with Crippen LogP contribution in [0.3, 0.4) is 0 Å². The van der Waals surface area contributed by atoms with Gasteiger partial charge in [-0.05, 0) is 31.1 Å². The van der Waals surface area contributed by atoms with Crippen molar-refractivity contribution in [2.75, 3.05) is 26.8 Å². The minimum atomic E-state index is -1.60. The maximum atomic E-state index is 10.9. The van der Waals surface area contributed by atoms with Crippen LogP contribution in [0.4, 0.5) is 0 Å². The summed E-state index contributed by atoms with van der Waals surface area (Å²) < 4.78 is 10.6. The average Bonchev–Trinajstić information content (AvgIpc) is 2.25. The molecule has 1 N–H and O–H groups in total. The fraction of sp³-hybridized carbons (Fsp3) is 0.923. The molecule has 0 atom stereocenters. The first-order valence-corrected chi connectivity index (χ1v) is 9.53. The Bertz CT molecular complexity index is 249. The molecule has 0 saturated carbocycles. The number of nitrogens with one attached hydrogen (secondary N) is 1. The van der Waals surface area contributed by atoms with Gasteiger partial charge in [0, 0.05) is 13.2 Å². The summed E-state index contributed by atoms with van der Waals surface area (Å²) in [5.74, 6) is -0.167. The molecule has 0 rings (SSSR count). The third-order valence-corrected chi connectivity index (χ3v) is 8.04. The zero-order valence-corrected chi connectivity index (χ0v) is 13.8. The van der Waals surface area contributed by atoms with E-state index in [1.165, 1.54) is 7.11 Å². The third-order valence-electron chi connectivity index (χ3n) is 3.50. The van der Waals surface area contributed by atoms with Crippen molar-refractivity contribution in [2.45, 2.75) is 51.7 Å². The lowest BCUT2D eigenvalue weighted by atomic mass is 10.2. The first kappa shape index (κ1) is 17.6. The summed E-state index contributed by atoms with van der Waals surface area (Å²) in [5.41, 5.74) is 0. The normalized spacial score (nSPS) is 12.6. The molecule has 18 heavy (non-hydrogen) atoms. The molecule has 0 saturated heterocycles. The maximum Gasteiger partial charge on any atom is 0.306 e. The van der Waals surface area contributed by atoms with E-state index in [4.69, 9.17) is 4.43 Å². The van der Waals surface area contributed by atoms with Gasteiger partial charge in [0.15, 0.2) is 8.32 Å². The van der Waals surface area contributed by atoms with Crippen LogP contribution in [0.25, 0.3) is 0 Å². The van der Waals surface area contributed by atoms with E-state index in [1.807, 2.05) is 0 Å². The van der Waals surface area contributed by atoms with Crippen molar-refractivity contribution in [2.24, 2.45) is 0 Å². The van der Waals surface area contributed by atoms with Gasteiger partial charge in [0.2, 0.25) is 0 Å². The minimum absolute atomic E-state index is 0.167. The smallest absolute Gasteiger partial charge is 0.306 e. The van der Waals surface area contributed by atoms with Gasteiger partial charge in [0.1, 0.15) is 0 Å². The van der Waals surface area contributed by atoms with Crippen molar-refractivity contribution in [3.05, 3.63) is 0 Å². The van der Waals surface area contributed by atoms with E-state index < -0.39 is 8.32 Å². The summed E-state index contributed by atoms with van der Waals surface area (Å²) in [7, 11) is -0.187. The molecule has 0 aliphatic carbocycles. The standard InChI is InChI=1S/C13H29NO3Si/c1-13(2,3)18(5,6)17-11-7-9-14-10-8-12(15)16-4/h14H,7-11H2,1-6H3. The second-order valence-corrected chi connectivity index (χ2v) is 10.8. The molecular formula is C13H29NO3Si. The molecule has 4 nitrogen and oxygen atoms in total. The van der Waals surface area contributed by atoms with Crippen molar-refractivity contribution >= 4 is 14.3 Å². The van der Waals surface area contributed by atoms with E-state index >= 15 is 0 Å². The molecule has 0 spiro atoms.